The quantitative estimate of drug-likeness (QED) is 0.405. The van der Waals surface area contributed by atoms with E-state index >= 15 is 0 Å². The molecule has 0 aliphatic heterocycles. The SMILES string of the molecule is Cc1ccc(C2[C@@](O)([C@H](O)CO)[C@H](O)[C@@]2(O)CO)c(C)c1. The van der Waals surface area contributed by atoms with Gasteiger partial charge in [0.05, 0.1) is 19.1 Å². The average molecular weight is 298 g/mol. The predicted octanol–water partition coefficient (Wildman–Crippen LogP) is -1.43. The van der Waals surface area contributed by atoms with Crippen molar-refractivity contribution in [1.29, 1.82) is 0 Å². The molecule has 0 bridgehead atoms. The van der Waals surface area contributed by atoms with Gasteiger partial charge >= 0.3 is 0 Å². The Labute approximate surface area is 122 Å². The summed E-state index contributed by atoms with van der Waals surface area (Å²) >= 11 is 0. The summed E-state index contributed by atoms with van der Waals surface area (Å²) < 4.78 is 0. The summed E-state index contributed by atoms with van der Waals surface area (Å²) in [6.45, 7) is 2.12. The van der Waals surface area contributed by atoms with Gasteiger partial charge in [0.15, 0.2) is 0 Å². The normalized spacial score (nSPS) is 37.1. The van der Waals surface area contributed by atoms with Crippen LogP contribution >= 0.6 is 0 Å². The summed E-state index contributed by atoms with van der Waals surface area (Å²) in [7, 11) is 0. The molecule has 118 valence electrons. The van der Waals surface area contributed by atoms with Crippen LogP contribution in [0, 0.1) is 13.8 Å². The van der Waals surface area contributed by atoms with E-state index < -0.39 is 42.5 Å². The fraction of sp³-hybridized carbons (Fsp3) is 0.600. The number of aryl methyl sites for hydroxylation is 2. The van der Waals surface area contributed by atoms with Crippen LogP contribution < -0.4 is 0 Å². The molecule has 21 heavy (non-hydrogen) atoms. The summed E-state index contributed by atoms with van der Waals surface area (Å²) in [5.41, 5.74) is -1.84. The third-order valence-electron chi connectivity index (χ3n) is 4.57. The lowest BCUT2D eigenvalue weighted by atomic mass is 9.51. The average Bonchev–Trinajstić information content (AvgIpc) is 2.47. The van der Waals surface area contributed by atoms with Crippen LogP contribution in [0.5, 0.6) is 0 Å². The Balaban J connectivity index is 2.54. The molecule has 1 fully saturated rings. The maximum absolute atomic E-state index is 10.6. The van der Waals surface area contributed by atoms with Crippen molar-refractivity contribution in [1.82, 2.24) is 0 Å². The van der Waals surface area contributed by atoms with Crippen LogP contribution in [0.15, 0.2) is 18.2 Å². The minimum Gasteiger partial charge on any atom is -0.394 e. The topological polar surface area (TPSA) is 121 Å². The van der Waals surface area contributed by atoms with Crippen molar-refractivity contribution >= 4 is 0 Å². The van der Waals surface area contributed by atoms with E-state index in [1.54, 1.807) is 19.1 Å². The second-order valence-electron chi connectivity index (χ2n) is 5.93. The zero-order valence-electron chi connectivity index (χ0n) is 12.1. The summed E-state index contributed by atoms with van der Waals surface area (Å²) in [5, 5.41) is 59.4. The molecule has 5 atom stereocenters. The highest BCUT2D eigenvalue weighted by Crippen LogP contribution is 2.55. The van der Waals surface area contributed by atoms with Crippen molar-refractivity contribution in [2.24, 2.45) is 0 Å². The van der Waals surface area contributed by atoms with E-state index in [1.165, 1.54) is 0 Å². The van der Waals surface area contributed by atoms with E-state index in [0.717, 1.165) is 11.1 Å². The molecule has 6 heteroatoms. The van der Waals surface area contributed by atoms with Gasteiger partial charge in [0.2, 0.25) is 0 Å². The highest BCUT2D eigenvalue weighted by atomic mass is 16.4. The van der Waals surface area contributed by atoms with E-state index in [-0.39, 0.29) is 0 Å². The van der Waals surface area contributed by atoms with E-state index in [4.69, 9.17) is 5.11 Å². The highest BCUT2D eigenvalue weighted by molar-refractivity contribution is 5.43. The molecule has 1 unspecified atom stereocenters. The standard InChI is InChI=1S/C15H22O6/c1-8-3-4-10(9(2)5-8)12-14(20,7-17)13(19)15(12,21)11(18)6-16/h3-5,11-13,16-21H,6-7H2,1-2H3/t11-,12?,13-,14-,15+/m1/s1. The third-order valence-corrected chi connectivity index (χ3v) is 4.57. The van der Waals surface area contributed by atoms with Crippen LogP contribution in [-0.2, 0) is 0 Å². The van der Waals surface area contributed by atoms with Crippen molar-refractivity contribution in [3.8, 4) is 0 Å². The minimum atomic E-state index is -2.12. The van der Waals surface area contributed by atoms with Gasteiger partial charge in [0, 0.05) is 0 Å². The van der Waals surface area contributed by atoms with E-state index in [2.05, 4.69) is 0 Å². The number of benzene rings is 1. The molecule has 1 aromatic rings. The molecule has 1 aliphatic rings. The van der Waals surface area contributed by atoms with Crippen LogP contribution in [-0.4, -0.2) is 67.3 Å². The molecule has 0 spiro atoms. The number of hydrogen-bond donors (Lipinski definition) is 6. The number of aliphatic hydroxyl groups is 6. The molecular weight excluding hydrogens is 276 g/mol. The number of hydrogen-bond acceptors (Lipinski definition) is 6. The maximum Gasteiger partial charge on any atom is 0.131 e. The molecular formula is C15H22O6. The fourth-order valence-corrected chi connectivity index (χ4v) is 3.39. The lowest BCUT2D eigenvalue weighted by Gasteiger charge is -2.62. The lowest BCUT2D eigenvalue weighted by molar-refractivity contribution is -0.327. The molecule has 1 aromatic carbocycles. The molecule has 1 saturated carbocycles. The molecule has 0 aromatic heterocycles. The van der Waals surface area contributed by atoms with Crippen LogP contribution in [0.1, 0.15) is 22.6 Å². The summed E-state index contributed by atoms with van der Waals surface area (Å²) in [6, 6.07) is 5.29. The minimum absolute atomic E-state index is 0.512. The largest absolute Gasteiger partial charge is 0.394 e. The molecule has 0 amide bonds. The second kappa shape index (κ2) is 5.31. The number of aliphatic hydroxyl groups excluding tert-OH is 4. The van der Waals surface area contributed by atoms with Crippen LogP contribution in [0.4, 0.5) is 0 Å². The zero-order valence-corrected chi connectivity index (χ0v) is 12.1. The van der Waals surface area contributed by atoms with Gasteiger partial charge in [0.1, 0.15) is 23.4 Å². The lowest BCUT2D eigenvalue weighted by Crippen LogP contribution is -2.81. The van der Waals surface area contributed by atoms with E-state index in [9.17, 15) is 25.5 Å². The smallest absolute Gasteiger partial charge is 0.131 e. The number of rotatable bonds is 4. The summed E-state index contributed by atoms with van der Waals surface area (Å²) in [5.74, 6) is -1.10. The van der Waals surface area contributed by atoms with Crippen LogP contribution in [0.25, 0.3) is 0 Å². The van der Waals surface area contributed by atoms with Crippen LogP contribution in [0.3, 0.4) is 0 Å². The van der Waals surface area contributed by atoms with Gasteiger partial charge in [-0.15, -0.1) is 0 Å². The molecule has 6 nitrogen and oxygen atoms in total. The predicted molar refractivity (Wildman–Crippen MR) is 74.7 cm³/mol. The van der Waals surface area contributed by atoms with Gasteiger partial charge in [-0.05, 0) is 25.0 Å². The van der Waals surface area contributed by atoms with Crippen molar-refractivity contribution in [3.05, 3.63) is 34.9 Å². The third kappa shape index (κ3) is 2.11. The van der Waals surface area contributed by atoms with Gasteiger partial charge in [-0.2, -0.15) is 0 Å². The zero-order chi connectivity index (χ0) is 16.0. The van der Waals surface area contributed by atoms with Crippen molar-refractivity contribution in [2.75, 3.05) is 13.2 Å². The van der Waals surface area contributed by atoms with Crippen molar-refractivity contribution in [3.63, 3.8) is 0 Å². The van der Waals surface area contributed by atoms with E-state index in [0.29, 0.717) is 5.56 Å². The van der Waals surface area contributed by atoms with Gasteiger partial charge in [-0.1, -0.05) is 23.8 Å². The van der Waals surface area contributed by atoms with Gasteiger partial charge in [0.25, 0.3) is 0 Å². The van der Waals surface area contributed by atoms with Crippen molar-refractivity contribution < 1.29 is 30.6 Å². The molecule has 6 N–H and O–H groups in total. The molecule has 1 aliphatic carbocycles. The van der Waals surface area contributed by atoms with Gasteiger partial charge < -0.3 is 30.6 Å². The Morgan fingerprint density at radius 1 is 1.19 bits per heavy atom. The fourth-order valence-electron chi connectivity index (χ4n) is 3.39. The van der Waals surface area contributed by atoms with Gasteiger partial charge in [-0.3, -0.25) is 0 Å². The Morgan fingerprint density at radius 3 is 2.29 bits per heavy atom. The Morgan fingerprint density at radius 2 is 1.81 bits per heavy atom. The first-order chi connectivity index (χ1) is 9.73. The van der Waals surface area contributed by atoms with Crippen molar-refractivity contribution in [2.45, 2.75) is 43.2 Å². The maximum atomic E-state index is 10.6. The Kier molecular flexibility index (Phi) is 4.14. The first-order valence-electron chi connectivity index (χ1n) is 6.83. The Bertz CT molecular complexity index is 533. The first kappa shape index (κ1) is 16.4. The molecule has 2 rings (SSSR count). The second-order valence-corrected chi connectivity index (χ2v) is 5.93. The monoisotopic (exact) mass is 298 g/mol. The molecule has 0 radical (unpaired) electrons. The first-order valence-corrected chi connectivity index (χ1v) is 6.83. The summed E-state index contributed by atoms with van der Waals surface area (Å²) in [4.78, 5) is 0. The Hall–Kier alpha value is -1.02. The van der Waals surface area contributed by atoms with E-state index in [1.807, 2.05) is 13.0 Å². The molecule has 0 heterocycles. The highest BCUT2D eigenvalue weighted by Gasteiger charge is 2.73. The van der Waals surface area contributed by atoms with Gasteiger partial charge in [-0.25, -0.2) is 0 Å². The summed E-state index contributed by atoms with van der Waals surface area (Å²) in [6.07, 6.45) is -3.40. The molecule has 0 saturated heterocycles. The van der Waals surface area contributed by atoms with Crippen LogP contribution in [0.2, 0.25) is 0 Å².